The molecule has 0 saturated carbocycles. The minimum absolute atomic E-state index is 0.839. The highest BCUT2D eigenvalue weighted by atomic mass is 32.1. The molecule has 11 heavy (non-hydrogen) atoms. The smallest absolute Gasteiger partial charge is 0.120 e. The first-order valence-electron chi connectivity index (χ1n) is 2.92. The molecule has 0 amide bonds. The van der Waals surface area contributed by atoms with Crippen molar-refractivity contribution in [2.75, 3.05) is 0 Å². The Balaban J connectivity index is 2.96. The molecule has 0 aliphatic carbocycles. The molecular weight excluding hydrogens is 196 g/mol. The van der Waals surface area contributed by atoms with Crippen molar-refractivity contribution in [2.24, 2.45) is 0 Å². The third kappa shape index (κ3) is 1.13. The Labute approximate surface area is 78.6 Å². The largest absolute Gasteiger partial charge is 0.142 e. The van der Waals surface area contributed by atoms with Crippen LogP contribution in [0.25, 0.3) is 10.2 Å². The second-order valence-electron chi connectivity index (χ2n) is 2.05. The van der Waals surface area contributed by atoms with Gasteiger partial charge in [0.05, 0.1) is 4.70 Å². The molecule has 0 spiro atoms. The van der Waals surface area contributed by atoms with Crippen molar-refractivity contribution in [2.45, 2.75) is 9.79 Å². The Bertz CT molecular complexity index is 360. The first-order chi connectivity index (χ1) is 5.29. The number of benzene rings is 1. The predicted octanol–water partition coefficient (Wildman–Crippen LogP) is 2.27. The number of rotatable bonds is 0. The zero-order valence-electron chi connectivity index (χ0n) is 5.35. The van der Waals surface area contributed by atoms with Crippen LogP contribution in [0.5, 0.6) is 0 Å². The van der Waals surface area contributed by atoms with Gasteiger partial charge >= 0.3 is 0 Å². The van der Waals surface area contributed by atoms with E-state index in [1.807, 2.05) is 12.1 Å². The van der Waals surface area contributed by atoms with Gasteiger partial charge < -0.3 is 0 Å². The minimum atomic E-state index is 0.839. The Morgan fingerprint density at radius 1 is 1.18 bits per heavy atom. The maximum Gasteiger partial charge on any atom is 0.120 e. The highest BCUT2D eigenvalue weighted by molar-refractivity contribution is 7.81. The summed E-state index contributed by atoms with van der Waals surface area (Å²) in [5.74, 6) is 0. The van der Waals surface area contributed by atoms with E-state index in [0.717, 1.165) is 20.0 Å². The Kier molecular flexibility index (Phi) is 1.78. The molecule has 5 heteroatoms. The van der Waals surface area contributed by atoms with Crippen molar-refractivity contribution in [3.05, 3.63) is 12.1 Å². The van der Waals surface area contributed by atoms with E-state index in [1.54, 1.807) is 0 Å². The lowest BCUT2D eigenvalue weighted by atomic mass is 10.3. The fraction of sp³-hybridized carbons (Fsp3) is 0. The molecule has 0 unspecified atom stereocenters. The maximum absolute atomic E-state index is 4.26. The van der Waals surface area contributed by atoms with Crippen molar-refractivity contribution in [3.63, 3.8) is 0 Å². The van der Waals surface area contributed by atoms with Crippen LogP contribution in [-0.2, 0) is 0 Å². The van der Waals surface area contributed by atoms with E-state index in [1.165, 1.54) is 11.5 Å². The quantitative estimate of drug-likeness (QED) is 0.638. The van der Waals surface area contributed by atoms with Crippen molar-refractivity contribution in [3.8, 4) is 0 Å². The molecule has 0 fully saturated rings. The standard InChI is InChI=1S/C6H4N2S3/c9-3-1-2-4(10)6-5(3)7-8-11-6/h1-2,9-10H. The lowest BCUT2D eigenvalue weighted by molar-refractivity contribution is 1.18. The van der Waals surface area contributed by atoms with Gasteiger partial charge in [0.25, 0.3) is 0 Å². The Morgan fingerprint density at radius 3 is 2.64 bits per heavy atom. The second kappa shape index (κ2) is 2.66. The van der Waals surface area contributed by atoms with Crippen LogP contribution in [0.15, 0.2) is 21.9 Å². The average molecular weight is 200 g/mol. The molecule has 0 N–H and O–H groups in total. The van der Waals surface area contributed by atoms with Gasteiger partial charge in [-0.3, -0.25) is 0 Å². The molecule has 1 aromatic carbocycles. The summed E-state index contributed by atoms with van der Waals surface area (Å²) in [5, 5.41) is 3.92. The number of thiol groups is 2. The molecule has 0 aliphatic heterocycles. The van der Waals surface area contributed by atoms with Gasteiger partial charge in [-0.1, -0.05) is 4.49 Å². The summed E-state index contributed by atoms with van der Waals surface area (Å²) in [6.07, 6.45) is 0. The number of hydrogen-bond acceptors (Lipinski definition) is 5. The zero-order chi connectivity index (χ0) is 7.84. The molecular formula is C6H4N2S3. The summed E-state index contributed by atoms with van der Waals surface area (Å²) in [6, 6.07) is 3.77. The molecule has 1 aromatic heterocycles. The van der Waals surface area contributed by atoms with Crippen LogP contribution >= 0.6 is 36.8 Å². The third-order valence-corrected chi connectivity index (χ3v) is 3.01. The summed E-state index contributed by atoms with van der Waals surface area (Å²) in [6.45, 7) is 0. The van der Waals surface area contributed by atoms with Crippen molar-refractivity contribution in [1.29, 1.82) is 0 Å². The van der Waals surface area contributed by atoms with Gasteiger partial charge in [0.15, 0.2) is 0 Å². The number of hydrogen-bond donors (Lipinski definition) is 2. The van der Waals surface area contributed by atoms with Crippen LogP contribution < -0.4 is 0 Å². The number of aromatic nitrogens is 2. The highest BCUT2D eigenvalue weighted by Gasteiger charge is 2.04. The van der Waals surface area contributed by atoms with Gasteiger partial charge in [0.1, 0.15) is 5.52 Å². The van der Waals surface area contributed by atoms with E-state index >= 15 is 0 Å². The molecule has 0 bridgehead atoms. The molecule has 56 valence electrons. The SMILES string of the molecule is Sc1ccc(S)c2snnc12. The lowest BCUT2D eigenvalue weighted by Gasteiger charge is -1.93. The van der Waals surface area contributed by atoms with E-state index < -0.39 is 0 Å². The summed E-state index contributed by atoms with van der Waals surface area (Å²) >= 11 is 9.84. The summed E-state index contributed by atoms with van der Waals surface area (Å²) in [7, 11) is 0. The first-order valence-corrected chi connectivity index (χ1v) is 4.59. The predicted molar refractivity (Wildman–Crippen MR) is 51.9 cm³/mol. The fourth-order valence-corrected chi connectivity index (χ4v) is 2.05. The maximum atomic E-state index is 4.26. The van der Waals surface area contributed by atoms with Crippen LogP contribution in [-0.4, -0.2) is 9.59 Å². The topological polar surface area (TPSA) is 25.8 Å². The molecule has 0 atom stereocenters. The summed E-state index contributed by atoms with van der Waals surface area (Å²) in [5.41, 5.74) is 0.839. The van der Waals surface area contributed by atoms with Crippen molar-refractivity contribution >= 4 is 47.0 Å². The first kappa shape index (κ1) is 7.39. The number of fused-ring (bicyclic) bond motifs is 1. The van der Waals surface area contributed by atoms with E-state index in [-0.39, 0.29) is 0 Å². The molecule has 0 aliphatic rings. The molecule has 0 radical (unpaired) electrons. The van der Waals surface area contributed by atoms with Gasteiger partial charge in [-0.05, 0) is 23.7 Å². The number of nitrogens with zero attached hydrogens (tertiary/aromatic N) is 2. The molecule has 2 rings (SSSR count). The zero-order valence-corrected chi connectivity index (χ0v) is 7.96. The van der Waals surface area contributed by atoms with Gasteiger partial charge in [0, 0.05) is 9.79 Å². The van der Waals surface area contributed by atoms with Crippen LogP contribution in [0.3, 0.4) is 0 Å². The van der Waals surface area contributed by atoms with Crippen LogP contribution in [0.1, 0.15) is 0 Å². The van der Waals surface area contributed by atoms with Crippen LogP contribution in [0.4, 0.5) is 0 Å². The second-order valence-corrected chi connectivity index (χ2v) is 3.77. The molecule has 0 saturated heterocycles. The fourth-order valence-electron chi connectivity index (χ4n) is 0.839. The molecule has 2 aromatic rings. The van der Waals surface area contributed by atoms with Gasteiger partial charge in [-0.15, -0.1) is 30.4 Å². The van der Waals surface area contributed by atoms with Crippen LogP contribution in [0.2, 0.25) is 0 Å². The minimum Gasteiger partial charge on any atom is -0.142 e. The van der Waals surface area contributed by atoms with E-state index in [0.29, 0.717) is 0 Å². The summed E-state index contributed by atoms with van der Waals surface area (Å²) in [4.78, 5) is 1.76. The molecule has 1 heterocycles. The van der Waals surface area contributed by atoms with Crippen molar-refractivity contribution < 1.29 is 0 Å². The average Bonchev–Trinajstić information content (AvgIpc) is 2.45. The Hall–Kier alpha value is -0.260. The monoisotopic (exact) mass is 200 g/mol. The van der Waals surface area contributed by atoms with E-state index in [2.05, 4.69) is 34.8 Å². The van der Waals surface area contributed by atoms with Crippen LogP contribution in [0, 0.1) is 0 Å². The van der Waals surface area contributed by atoms with Gasteiger partial charge in [-0.25, -0.2) is 0 Å². The summed E-state index contributed by atoms with van der Waals surface area (Å²) < 4.78 is 4.82. The van der Waals surface area contributed by atoms with E-state index in [9.17, 15) is 0 Å². The van der Waals surface area contributed by atoms with E-state index in [4.69, 9.17) is 0 Å². The van der Waals surface area contributed by atoms with Gasteiger partial charge in [-0.2, -0.15) is 0 Å². The Morgan fingerprint density at radius 2 is 1.91 bits per heavy atom. The molecule has 2 nitrogen and oxygen atoms in total. The lowest BCUT2D eigenvalue weighted by Crippen LogP contribution is -1.72. The van der Waals surface area contributed by atoms with Crippen molar-refractivity contribution in [1.82, 2.24) is 9.59 Å². The normalized spacial score (nSPS) is 10.7. The third-order valence-electron chi connectivity index (χ3n) is 1.36. The van der Waals surface area contributed by atoms with Gasteiger partial charge in [0.2, 0.25) is 0 Å². The highest BCUT2D eigenvalue weighted by Crippen LogP contribution is 2.27.